The van der Waals surface area contributed by atoms with Crippen molar-refractivity contribution in [1.82, 2.24) is 20.0 Å². The van der Waals surface area contributed by atoms with Gasteiger partial charge in [-0.05, 0) is 18.3 Å². The van der Waals surface area contributed by atoms with Gasteiger partial charge in [0.2, 0.25) is 0 Å². The van der Waals surface area contributed by atoms with E-state index in [1.165, 1.54) is 4.90 Å². The minimum Gasteiger partial charge on any atom is -0.464 e. The zero-order chi connectivity index (χ0) is 17.9. The van der Waals surface area contributed by atoms with E-state index in [0.29, 0.717) is 26.1 Å². The Bertz CT molecular complexity index is 562. The number of hydrogen-bond donors (Lipinski definition) is 1. The highest BCUT2D eigenvalue weighted by atomic mass is 16.5. The number of carbonyl (C=O) groups excluding carboxylic acids is 2. The monoisotopic (exact) mass is 336 g/mol. The lowest BCUT2D eigenvalue weighted by atomic mass is 10.0. The van der Waals surface area contributed by atoms with Crippen molar-refractivity contribution in [3.63, 3.8) is 0 Å². The summed E-state index contributed by atoms with van der Waals surface area (Å²) in [4.78, 5) is 28.5. The predicted molar refractivity (Wildman–Crippen MR) is 90.0 cm³/mol. The Morgan fingerprint density at radius 3 is 2.58 bits per heavy atom. The number of aromatic amines is 1. The van der Waals surface area contributed by atoms with Crippen LogP contribution in [0.25, 0.3) is 0 Å². The van der Waals surface area contributed by atoms with Crippen LogP contribution >= 0.6 is 0 Å². The Morgan fingerprint density at radius 2 is 2.00 bits per heavy atom. The third kappa shape index (κ3) is 4.27. The van der Waals surface area contributed by atoms with Gasteiger partial charge in [-0.3, -0.25) is 5.10 Å². The molecule has 134 valence electrons. The van der Waals surface area contributed by atoms with E-state index in [2.05, 4.69) is 10.2 Å². The largest absolute Gasteiger partial charge is 0.464 e. The molecule has 0 radical (unpaired) electrons. The minimum absolute atomic E-state index is 0.160. The lowest BCUT2D eigenvalue weighted by molar-refractivity contribution is -0.150. The van der Waals surface area contributed by atoms with Gasteiger partial charge in [0.15, 0.2) is 0 Å². The number of aromatic nitrogens is 2. The first kappa shape index (κ1) is 18.3. The van der Waals surface area contributed by atoms with Crippen LogP contribution in [0.1, 0.15) is 45.4 Å². The van der Waals surface area contributed by atoms with Crippen LogP contribution < -0.4 is 0 Å². The van der Waals surface area contributed by atoms with Crippen LogP contribution in [0.4, 0.5) is 4.79 Å². The van der Waals surface area contributed by atoms with E-state index in [4.69, 9.17) is 4.74 Å². The first-order valence-corrected chi connectivity index (χ1v) is 8.49. The van der Waals surface area contributed by atoms with Gasteiger partial charge in [0.25, 0.3) is 0 Å². The molecular weight excluding hydrogens is 308 g/mol. The molecule has 0 bridgehead atoms. The summed E-state index contributed by atoms with van der Waals surface area (Å²) in [5, 5.41) is 6.88. The zero-order valence-electron chi connectivity index (χ0n) is 15.2. The molecule has 7 nitrogen and oxygen atoms in total. The second kappa shape index (κ2) is 7.68. The molecule has 0 aromatic carbocycles. The first-order valence-electron chi connectivity index (χ1n) is 8.49. The van der Waals surface area contributed by atoms with Crippen LogP contribution in [-0.2, 0) is 22.6 Å². The fraction of sp³-hybridized carbons (Fsp3) is 0.706. The van der Waals surface area contributed by atoms with E-state index in [1.54, 1.807) is 18.1 Å². The number of carbonyl (C=O) groups is 2. The number of nitrogens with one attached hydrogen (secondary N) is 1. The Labute approximate surface area is 143 Å². The van der Waals surface area contributed by atoms with Crippen molar-refractivity contribution < 1.29 is 14.3 Å². The summed E-state index contributed by atoms with van der Waals surface area (Å²) >= 11 is 0. The molecule has 1 aliphatic heterocycles. The topological polar surface area (TPSA) is 78.5 Å². The Balaban J connectivity index is 2.03. The summed E-state index contributed by atoms with van der Waals surface area (Å²) < 4.78 is 5.38. The maximum Gasteiger partial charge on any atom is 0.328 e. The summed E-state index contributed by atoms with van der Waals surface area (Å²) in [7, 11) is 1.68. The Kier molecular flexibility index (Phi) is 5.85. The number of hydrogen-bond acceptors (Lipinski definition) is 4. The van der Waals surface area contributed by atoms with E-state index in [0.717, 1.165) is 11.3 Å². The van der Waals surface area contributed by atoms with E-state index in [9.17, 15) is 9.59 Å². The molecule has 2 rings (SSSR count). The number of esters is 1. The average Bonchev–Trinajstić information content (AvgIpc) is 3.10. The van der Waals surface area contributed by atoms with Crippen LogP contribution in [0, 0.1) is 11.8 Å². The molecule has 1 aliphatic rings. The van der Waals surface area contributed by atoms with Gasteiger partial charge in [0.05, 0.1) is 31.6 Å². The number of likely N-dealkylation sites (N-methyl/N-ethyl adjacent to an activating group) is 1. The molecule has 0 unspecified atom stereocenters. The second-order valence-electron chi connectivity index (χ2n) is 7.29. The molecule has 0 saturated heterocycles. The van der Waals surface area contributed by atoms with Gasteiger partial charge >= 0.3 is 12.0 Å². The van der Waals surface area contributed by atoms with Crippen molar-refractivity contribution in [3.05, 3.63) is 17.5 Å². The number of amides is 2. The summed E-state index contributed by atoms with van der Waals surface area (Å²) in [6.07, 6.45) is 2.32. The molecule has 24 heavy (non-hydrogen) atoms. The molecule has 2 heterocycles. The highest BCUT2D eigenvalue weighted by Crippen LogP contribution is 2.23. The van der Waals surface area contributed by atoms with Crippen molar-refractivity contribution in [2.75, 3.05) is 13.7 Å². The lowest BCUT2D eigenvalue weighted by Gasteiger charge is -2.31. The summed E-state index contributed by atoms with van der Waals surface area (Å²) in [5.41, 5.74) is 1.99. The number of urea groups is 1. The molecule has 2 amide bonds. The predicted octanol–water partition coefficient (Wildman–Crippen LogP) is 2.39. The minimum atomic E-state index is -0.562. The van der Waals surface area contributed by atoms with Crippen molar-refractivity contribution >= 4 is 12.0 Å². The molecule has 0 saturated carbocycles. The number of nitrogens with zero attached hydrogens (tertiary/aromatic N) is 3. The smallest absolute Gasteiger partial charge is 0.328 e. The molecular formula is C17H28N4O3. The van der Waals surface area contributed by atoms with E-state index in [1.807, 2.05) is 27.7 Å². The second-order valence-corrected chi connectivity index (χ2v) is 7.29. The van der Waals surface area contributed by atoms with Gasteiger partial charge in [-0.25, -0.2) is 9.59 Å². The summed E-state index contributed by atoms with van der Waals surface area (Å²) in [6.45, 7) is 9.44. The Hall–Kier alpha value is -2.05. The van der Waals surface area contributed by atoms with Crippen LogP contribution in [0.2, 0.25) is 0 Å². The SMILES string of the molecule is CC(C)COC(=O)[C@H](CC(C)C)N(C)C(=O)N1Cc2cn[nH]c2C1. The highest BCUT2D eigenvalue weighted by molar-refractivity contribution is 5.83. The van der Waals surface area contributed by atoms with E-state index >= 15 is 0 Å². The molecule has 0 aliphatic carbocycles. The molecule has 7 heteroatoms. The van der Waals surface area contributed by atoms with Gasteiger partial charge in [0, 0.05) is 12.6 Å². The van der Waals surface area contributed by atoms with Gasteiger partial charge in [-0.15, -0.1) is 0 Å². The fourth-order valence-corrected chi connectivity index (χ4v) is 2.76. The quantitative estimate of drug-likeness (QED) is 0.809. The van der Waals surface area contributed by atoms with Crippen LogP contribution in [0.5, 0.6) is 0 Å². The third-order valence-corrected chi connectivity index (χ3v) is 4.08. The third-order valence-electron chi connectivity index (χ3n) is 4.08. The van der Waals surface area contributed by atoms with E-state index in [-0.39, 0.29) is 23.8 Å². The maximum absolute atomic E-state index is 12.8. The number of rotatable bonds is 6. The van der Waals surface area contributed by atoms with Crippen LogP contribution in [0.15, 0.2) is 6.20 Å². The maximum atomic E-state index is 12.8. The summed E-state index contributed by atoms with van der Waals surface area (Å²) in [6, 6.07) is -0.722. The van der Waals surface area contributed by atoms with Crippen molar-refractivity contribution in [2.45, 2.75) is 53.2 Å². The van der Waals surface area contributed by atoms with Crippen molar-refractivity contribution in [1.29, 1.82) is 0 Å². The van der Waals surface area contributed by atoms with E-state index < -0.39 is 6.04 Å². The standard InChI is InChI=1S/C17H28N4O3/c1-11(2)6-15(16(22)24-10-12(3)4)20(5)17(23)21-8-13-7-18-19-14(13)9-21/h7,11-12,15H,6,8-10H2,1-5H3,(H,18,19)/t15-/m0/s1. The van der Waals surface area contributed by atoms with Crippen molar-refractivity contribution in [3.8, 4) is 0 Å². The first-order chi connectivity index (χ1) is 11.3. The van der Waals surface area contributed by atoms with Crippen LogP contribution in [-0.4, -0.2) is 51.7 Å². The zero-order valence-corrected chi connectivity index (χ0v) is 15.2. The Morgan fingerprint density at radius 1 is 1.29 bits per heavy atom. The molecule has 0 spiro atoms. The molecule has 1 N–H and O–H groups in total. The van der Waals surface area contributed by atoms with Gasteiger partial charge in [-0.2, -0.15) is 5.10 Å². The molecule has 0 fully saturated rings. The number of fused-ring (bicyclic) bond motifs is 1. The van der Waals surface area contributed by atoms with Crippen LogP contribution in [0.3, 0.4) is 0 Å². The average molecular weight is 336 g/mol. The summed E-state index contributed by atoms with van der Waals surface area (Å²) in [5.74, 6) is 0.228. The lowest BCUT2D eigenvalue weighted by Crippen LogP contribution is -2.48. The normalized spacial score (nSPS) is 14.9. The molecule has 1 aromatic heterocycles. The molecule has 1 atom stereocenters. The van der Waals surface area contributed by atoms with Gasteiger partial charge in [-0.1, -0.05) is 27.7 Å². The molecule has 1 aromatic rings. The fourth-order valence-electron chi connectivity index (χ4n) is 2.76. The van der Waals surface area contributed by atoms with Crippen molar-refractivity contribution in [2.24, 2.45) is 11.8 Å². The van der Waals surface area contributed by atoms with Gasteiger partial charge < -0.3 is 14.5 Å². The van der Waals surface area contributed by atoms with Gasteiger partial charge in [0.1, 0.15) is 6.04 Å². The number of ether oxygens (including phenoxy) is 1. The number of H-pyrrole nitrogens is 1. The highest BCUT2D eigenvalue weighted by Gasteiger charge is 2.34.